The Morgan fingerprint density at radius 2 is 1.57 bits per heavy atom. The van der Waals surface area contributed by atoms with E-state index in [-0.39, 0.29) is 12.8 Å². The molecule has 0 aromatic heterocycles. The number of benzene rings is 3. The number of imide groups is 1. The number of hydrazine groups is 1. The number of hydrogen-bond acceptors (Lipinski definition) is 5. The number of carbonyl (C=O) groups is 4. The van der Waals surface area contributed by atoms with Crippen molar-refractivity contribution in [2.24, 2.45) is 0 Å². The molecule has 1 aliphatic rings. The van der Waals surface area contributed by atoms with Crippen LogP contribution in [-0.2, 0) is 14.4 Å². The highest BCUT2D eigenvalue weighted by atomic mass is 16.5. The highest BCUT2D eigenvalue weighted by Crippen LogP contribution is 2.29. The number of amides is 4. The van der Waals surface area contributed by atoms with Crippen LogP contribution in [0.2, 0.25) is 0 Å². The van der Waals surface area contributed by atoms with Gasteiger partial charge < -0.3 is 4.74 Å². The lowest BCUT2D eigenvalue weighted by Gasteiger charge is -2.27. The highest BCUT2D eigenvalue weighted by molar-refractivity contribution is 6.23. The number of nitrogens with zero attached hydrogens (tertiary/aromatic N) is 2. The molecule has 3 aromatic carbocycles. The predicted octanol–water partition coefficient (Wildman–Crippen LogP) is 4.00. The molecule has 8 heteroatoms. The smallest absolute Gasteiger partial charge is 0.270 e. The van der Waals surface area contributed by atoms with Gasteiger partial charge in [-0.3, -0.25) is 24.6 Å². The molecule has 1 heterocycles. The molecule has 1 N–H and O–H groups in total. The van der Waals surface area contributed by atoms with E-state index in [1.165, 1.54) is 0 Å². The minimum absolute atomic E-state index is 0.0531. The first-order valence-electron chi connectivity index (χ1n) is 11.3. The van der Waals surface area contributed by atoms with E-state index in [9.17, 15) is 19.2 Å². The van der Waals surface area contributed by atoms with E-state index in [1.54, 1.807) is 62.4 Å². The molecule has 4 rings (SSSR count). The van der Waals surface area contributed by atoms with Crippen LogP contribution in [0.5, 0.6) is 11.5 Å². The fourth-order valence-corrected chi connectivity index (χ4v) is 3.86. The Morgan fingerprint density at radius 1 is 0.943 bits per heavy atom. The number of rotatable bonds is 6. The first-order valence-corrected chi connectivity index (χ1v) is 11.3. The molecule has 4 amide bonds. The van der Waals surface area contributed by atoms with Crippen molar-refractivity contribution in [3.05, 3.63) is 90.0 Å². The number of hydrogen-bond donors (Lipinski definition) is 1. The number of ether oxygens (including phenoxy) is 1. The van der Waals surface area contributed by atoms with Crippen molar-refractivity contribution in [3.8, 4) is 11.5 Å². The van der Waals surface area contributed by atoms with Crippen molar-refractivity contribution >= 4 is 29.3 Å². The van der Waals surface area contributed by atoms with Gasteiger partial charge in [0.2, 0.25) is 11.8 Å². The Bertz CT molecular complexity index is 1260. The van der Waals surface area contributed by atoms with Crippen LogP contribution >= 0.6 is 0 Å². The van der Waals surface area contributed by atoms with Gasteiger partial charge in [0.25, 0.3) is 11.8 Å². The second kappa shape index (κ2) is 10.2. The molecular formula is C27H25N3O5. The van der Waals surface area contributed by atoms with E-state index in [0.29, 0.717) is 22.7 Å². The summed E-state index contributed by atoms with van der Waals surface area (Å²) in [6, 6.07) is 21.5. The molecule has 0 aliphatic carbocycles. The number of aryl methyl sites for hydroxylation is 1. The van der Waals surface area contributed by atoms with Crippen molar-refractivity contribution < 1.29 is 23.9 Å². The minimum atomic E-state index is -1.14. The molecule has 0 radical (unpaired) electrons. The van der Waals surface area contributed by atoms with Gasteiger partial charge in [0.05, 0.1) is 12.1 Å². The van der Waals surface area contributed by atoms with E-state index < -0.39 is 29.7 Å². The van der Waals surface area contributed by atoms with Crippen LogP contribution in [0.3, 0.4) is 0 Å². The van der Waals surface area contributed by atoms with Gasteiger partial charge in [0.1, 0.15) is 17.5 Å². The standard InChI is InChI=1S/C27H25N3O5/c1-3-24(31)30(28-26(33)22-12-8-7-9-18(22)2)23-17-25(32)29(27(23)34)19-13-15-21(16-14-19)35-20-10-5-4-6-11-20/h4-16,23H,3,17H2,1-2H3,(H,28,33). The lowest BCUT2D eigenvalue weighted by molar-refractivity contribution is -0.140. The third-order valence-electron chi connectivity index (χ3n) is 5.69. The summed E-state index contributed by atoms with van der Waals surface area (Å²) in [5.41, 5.74) is 4.01. The fraction of sp³-hybridized carbons (Fsp3) is 0.185. The summed E-state index contributed by atoms with van der Waals surface area (Å²) in [7, 11) is 0. The molecule has 35 heavy (non-hydrogen) atoms. The summed E-state index contributed by atoms with van der Waals surface area (Å²) < 4.78 is 5.76. The van der Waals surface area contributed by atoms with Gasteiger partial charge in [-0.2, -0.15) is 0 Å². The second-order valence-electron chi connectivity index (χ2n) is 8.07. The average Bonchev–Trinajstić information content (AvgIpc) is 3.16. The lowest BCUT2D eigenvalue weighted by atomic mass is 10.1. The summed E-state index contributed by atoms with van der Waals surface area (Å²) in [6.45, 7) is 3.40. The Hall–Kier alpha value is -4.46. The summed E-state index contributed by atoms with van der Waals surface area (Å²) in [6.07, 6.45) is -0.182. The SMILES string of the molecule is CCC(=O)N(NC(=O)c1ccccc1C)C1CC(=O)N(c2ccc(Oc3ccccc3)cc2)C1=O. The molecule has 0 saturated carbocycles. The van der Waals surface area contributed by atoms with Gasteiger partial charge in [0.15, 0.2) is 0 Å². The van der Waals surface area contributed by atoms with Gasteiger partial charge in [0, 0.05) is 12.0 Å². The predicted molar refractivity (Wildman–Crippen MR) is 130 cm³/mol. The molecule has 1 unspecified atom stereocenters. The van der Waals surface area contributed by atoms with E-state index >= 15 is 0 Å². The quantitative estimate of drug-likeness (QED) is 0.433. The van der Waals surface area contributed by atoms with Crippen LogP contribution in [0.25, 0.3) is 0 Å². The van der Waals surface area contributed by atoms with Crippen LogP contribution < -0.4 is 15.1 Å². The van der Waals surface area contributed by atoms with E-state index in [1.807, 2.05) is 30.3 Å². The Kier molecular flexibility index (Phi) is 6.91. The monoisotopic (exact) mass is 471 g/mol. The van der Waals surface area contributed by atoms with Crippen molar-refractivity contribution in [1.82, 2.24) is 10.4 Å². The molecule has 178 valence electrons. The van der Waals surface area contributed by atoms with Crippen molar-refractivity contribution in [3.63, 3.8) is 0 Å². The zero-order valence-electron chi connectivity index (χ0n) is 19.4. The molecule has 1 aliphatic heterocycles. The second-order valence-corrected chi connectivity index (χ2v) is 8.07. The zero-order chi connectivity index (χ0) is 24.9. The molecular weight excluding hydrogens is 446 g/mol. The molecule has 1 saturated heterocycles. The molecule has 1 fully saturated rings. The summed E-state index contributed by atoms with van der Waals surface area (Å²) >= 11 is 0. The summed E-state index contributed by atoms with van der Waals surface area (Å²) in [5.74, 6) is -0.831. The van der Waals surface area contributed by atoms with Crippen molar-refractivity contribution in [2.45, 2.75) is 32.7 Å². The Balaban J connectivity index is 1.53. The Morgan fingerprint density at radius 3 is 2.23 bits per heavy atom. The largest absolute Gasteiger partial charge is 0.457 e. The summed E-state index contributed by atoms with van der Waals surface area (Å²) in [4.78, 5) is 52.7. The van der Waals surface area contributed by atoms with Gasteiger partial charge in [-0.25, -0.2) is 9.91 Å². The van der Waals surface area contributed by atoms with E-state index in [2.05, 4.69) is 5.43 Å². The summed E-state index contributed by atoms with van der Waals surface area (Å²) in [5, 5.41) is 0.988. The topological polar surface area (TPSA) is 96.0 Å². The van der Waals surface area contributed by atoms with Crippen LogP contribution in [-0.4, -0.2) is 34.7 Å². The van der Waals surface area contributed by atoms with E-state index in [4.69, 9.17) is 4.74 Å². The van der Waals surface area contributed by atoms with Crippen molar-refractivity contribution in [2.75, 3.05) is 4.90 Å². The zero-order valence-corrected chi connectivity index (χ0v) is 19.4. The molecule has 3 aromatic rings. The maximum absolute atomic E-state index is 13.3. The number of anilines is 1. The maximum atomic E-state index is 13.3. The van der Waals surface area contributed by atoms with Gasteiger partial charge >= 0.3 is 0 Å². The molecule has 0 bridgehead atoms. The van der Waals surface area contributed by atoms with Gasteiger partial charge in [-0.05, 0) is 55.0 Å². The number of para-hydroxylation sites is 1. The molecule has 0 spiro atoms. The van der Waals surface area contributed by atoms with Crippen LogP contribution in [0.1, 0.15) is 35.7 Å². The van der Waals surface area contributed by atoms with Crippen LogP contribution in [0, 0.1) is 6.92 Å². The Labute approximate surface area is 203 Å². The molecule has 8 nitrogen and oxygen atoms in total. The highest BCUT2D eigenvalue weighted by Gasteiger charge is 2.45. The van der Waals surface area contributed by atoms with Gasteiger partial charge in [-0.1, -0.05) is 43.3 Å². The average molecular weight is 472 g/mol. The van der Waals surface area contributed by atoms with Crippen LogP contribution in [0.15, 0.2) is 78.9 Å². The lowest BCUT2D eigenvalue weighted by Crippen LogP contribution is -2.54. The van der Waals surface area contributed by atoms with E-state index in [0.717, 1.165) is 15.5 Å². The number of carbonyl (C=O) groups excluding carboxylic acids is 4. The normalized spacial score (nSPS) is 15.1. The minimum Gasteiger partial charge on any atom is -0.457 e. The molecule has 1 atom stereocenters. The number of nitrogens with one attached hydrogen (secondary N) is 1. The fourth-order valence-electron chi connectivity index (χ4n) is 3.86. The van der Waals surface area contributed by atoms with Crippen LogP contribution in [0.4, 0.5) is 5.69 Å². The first kappa shape index (κ1) is 23.7. The maximum Gasteiger partial charge on any atom is 0.270 e. The third kappa shape index (κ3) is 5.06. The first-order chi connectivity index (χ1) is 16.9. The third-order valence-corrected chi connectivity index (χ3v) is 5.69. The van der Waals surface area contributed by atoms with Crippen molar-refractivity contribution in [1.29, 1.82) is 0 Å². The van der Waals surface area contributed by atoms with Gasteiger partial charge in [-0.15, -0.1) is 0 Å².